The van der Waals surface area contributed by atoms with Crippen molar-refractivity contribution in [2.24, 2.45) is 0 Å². The Kier molecular flexibility index (Phi) is 6.47. The fourth-order valence-electron chi connectivity index (χ4n) is 2.66. The third-order valence-corrected chi connectivity index (χ3v) is 4.18. The van der Waals surface area contributed by atoms with Crippen molar-refractivity contribution in [1.82, 2.24) is 15.8 Å². The molecule has 2 N–H and O–H groups in total. The van der Waals surface area contributed by atoms with Gasteiger partial charge in [-0.05, 0) is 52.2 Å². The number of halogens is 1. The van der Waals surface area contributed by atoms with Gasteiger partial charge in [0.2, 0.25) is 0 Å². The standard InChI is InChI=1S/C18H24ClN3O4/c1-18(2,3)26-17(25)22-11-7-6-10-14(22)16(24)21-20-15(23)12-8-4-5-9-13(12)19/h4-5,8-9,14H,6-7,10-11H2,1-3H3,(H,20,23)(H,21,24). The molecule has 1 aliphatic rings. The smallest absolute Gasteiger partial charge is 0.410 e. The average Bonchev–Trinajstić information content (AvgIpc) is 2.58. The van der Waals surface area contributed by atoms with E-state index in [4.69, 9.17) is 16.3 Å². The monoisotopic (exact) mass is 381 g/mol. The van der Waals surface area contributed by atoms with E-state index in [0.29, 0.717) is 13.0 Å². The van der Waals surface area contributed by atoms with E-state index in [0.717, 1.165) is 12.8 Å². The Morgan fingerprint density at radius 1 is 1.15 bits per heavy atom. The molecule has 0 spiro atoms. The summed E-state index contributed by atoms with van der Waals surface area (Å²) in [7, 11) is 0. The second-order valence-electron chi connectivity index (χ2n) is 7.11. The van der Waals surface area contributed by atoms with Crippen LogP contribution in [0.1, 0.15) is 50.4 Å². The summed E-state index contributed by atoms with van der Waals surface area (Å²) in [5.41, 5.74) is 4.33. The lowest BCUT2D eigenvalue weighted by molar-refractivity contribution is -0.128. The van der Waals surface area contributed by atoms with Crippen LogP contribution in [0, 0.1) is 0 Å². The Morgan fingerprint density at radius 2 is 1.85 bits per heavy atom. The van der Waals surface area contributed by atoms with E-state index in [2.05, 4.69) is 10.9 Å². The molecule has 26 heavy (non-hydrogen) atoms. The number of carbonyl (C=O) groups excluding carboxylic acids is 3. The molecule has 1 unspecified atom stereocenters. The number of hydrogen-bond acceptors (Lipinski definition) is 4. The van der Waals surface area contributed by atoms with Crippen molar-refractivity contribution in [2.75, 3.05) is 6.54 Å². The fraction of sp³-hybridized carbons (Fsp3) is 0.500. The number of ether oxygens (including phenoxy) is 1. The zero-order chi connectivity index (χ0) is 19.3. The van der Waals surface area contributed by atoms with Crippen LogP contribution in [0.15, 0.2) is 24.3 Å². The molecule has 0 radical (unpaired) electrons. The van der Waals surface area contributed by atoms with Crippen LogP contribution in [0.2, 0.25) is 5.02 Å². The minimum atomic E-state index is -0.690. The molecule has 1 aromatic rings. The van der Waals surface area contributed by atoms with E-state index in [9.17, 15) is 14.4 Å². The van der Waals surface area contributed by atoms with E-state index < -0.39 is 29.6 Å². The molecule has 7 nitrogen and oxygen atoms in total. The lowest BCUT2D eigenvalue weighted by Crippen LogP contribution is -2.56. The van der Waals surface area contributed by atoms with Gasteiger partial charge in [0.05, 0.1) is 10.6 Å². The lowest BCUT2D eigenvalue weighted by atomic mass is 10.0. The van der Waals surface area contributed by atoms with Crippen LogP contribution >= 0.6 is 11.6 Å². The Hall–Kier alpha value is -2.28. The lowest BCUT2D eigenvalue weighted by Gasteiger charge is -2.35. The number of nitrogens with one attached hydrogen (secondary N) is 2. The molecule has 0 aromatic heterocycles. The van der Waals surface area contributed by atoms with Crippen molar-refractivity contribution in [2.45, 2.75) is 51.7 Å². The van der Waals surface area contributed by atoms with Gasteiger partial charge in [0.15, 0.2) is 0 Å². The first kappa shape index (κ1) is 20.0. The number of benzene rings is 1. The summed E-state index contributed by atoms with van der Waals surface area (Å²) in [5.74, 6) is -0.987. The molecule has 8 heteroatoms. The molecule has 1 aromatic carbocycles. The average molecular weight is 382 g/mol. The molecule has 1 aliphatic heterocycles. The quantitative estimate of drug-likeness (QED) is 0.771. The van der Waals surface area contributed by atoms with Crippen molar-refractivity contribution in [1.29, 1.82) is 0 Å². The summed E-state index contributed by atoms with van der Waals surface area (Å²) < 4.78 is 5.37. The highest BCUT2D eigenvalue weighted by Gasteiger charge is 2.35. The second kappa shape index (κ2) is 8.40. The number of piperidine rings is 1. The molecule has 142 valence electrons. The molecule has 3 amide bonds. The molecule has 1 atom stereocenters. The number of hydrogen-bond donors (Lipinski definition) is 2. The van der Waals surface area contributed by atoms with Crippen LogP contribution in [0.5, 0.6) is 0 Å². The van der Waals surface area contributed by atoms with E-state index >= 15 is 0 Å². The van der Waals surface area contributed by atoms with Crippen molar-refractivity contribution in [3.8, 4) is 0 Å². The Morgan fingerprint density at radius 3 is 2.50 bits per heavy atom. The molecule has 1 fully saturated rings. The fourth-order valence-corrected chi connectivity index (χ4v) is 2.88. The molecule has 1 heterocycles. The van der Waals surface area contributed by atoms with Gasteiger partial charge in [-0.25, -0.2) is 4.79 Å². The molecule has 0 bridgehead atoms. The third-order valence-electron chi connectivity index (χ3n) is 3.85. The SMILES string of the molecule is CC(C)(C)OC(=O)N1CCCCC1C(=O)NNC(=O)c1ccccc1Cl. The van der Waals surface area contributed by atoms with Gasteiger partial charge in [-0.15, -0.1) is 0 Å². The van der Waals surface area contributed by atoms with Gasteiger partial charge in [0, 0.05) is 6.54 Å². The first-order chi connectivity index (χ1) is 12.2. The molecule has 0 saturated carbocycles. The maximum atomic E-state index is 12.5. The summed E-state index contributed by atoms with van der Waals surface area (Å²) in [4.78, 5) is 38.4. The number of rotatable bonds is 2. The minimum Gasteiger partial charge on any atom is -0.444 e. The molecule has 2 rings (SSSR count). The zero-order valence-corrected chi connectivity index (χ0v) is 15.9. The summed E-state index contributed by atoms with van der Waals surface area (Å²) >= 11 is 5.97. The number of hydrazine groups is 1. The van der Waals surface area contributed by atoms with Gasteiger partial charge >= 0.3 is 6.09 Å². The van der Waals surface area contributed by atoms with Crippen LogP contribution in [-0.4, -0.2) is 41.0 Å². The summed E-state index contributed by atoms with van der Waals surface area (Å²) in [5, 5.41) is 0.285. The zero-order valence-electron chi connectivity index (χ0n) is 15.2. The first-order valence-corrected chi connectivity index (χ1v) is 8.91. The van der Waals surface area contributed by atoms with Crippen LogP contribution in [0.3, 0.4) is 0 Å². The van der Waals surface area contributed by atoms with E-state index in [-0.39, 0.29) is 10.6 Å². The van der Waals surface area contributed by atoms with Gasteiger partial charge in [-0.3, -0.25) is 25.3 Å². The summed E-state index contributed by atoms with van der Waals surface area (Å²) in [6.45, 7) is 5.75. The summed E-state index contributed by atoms with van der Waals surface area (Å²) in [6.07, 6.45) is 1.59. The van der Waals surface area contributed by atoms with Gasteiger partial charge in [-0.2, -0.15) is 0 Å². The Bertz CT molecular complexity index is 687. The molecular weight excluding hydrogens is 358 g/mol. The van der Waals surface area contributed by atoms with Crippen LogP contribution in [0.25, 0.3) is 0 Å². The van der Waals surface area contributed by atoms with Gasteiger partial charge in [-0.1, -0.05) is 23.7 Å². The van der Waals surface area contributed by atoms with Crippen LogP contribution < -0.4 is 10.9 Å². The van der Waals surface area contributed by atoms with E-state index in [1.807, 2.05) is 0 Å². The normalized spacial score (nSPS) is 17.4. The predicted octanol–water partition coefficient (Wildman–Crippen LogP) is 2.89. The van der Waals surface area contributed by atoms with Gasteiger partial charge in [0.1, 0.15) is 11.6 Å². The number of carbonyl (C=O) groups is 3. The van der Waals surface area contributed by atoms with Gasteiger partial charge < -0.3 is 4.74 Å². The first-order valence-electron chi connectivity index (χ1n) is 8.53. The number of likely N-dealkylation sites (tertiary alicyclic amines) is 1. The number of nitrogens with zero attached hydrogens (tertiary/aromatic N) is 1. The van der Waals surface area contributed by atoms with Crippen LogP contribution in [-0.2, 0) is 9.53 Å². The highest BCUT2D eigenvalue weighted by atomic mass is 35.5. The van der Waals surface area contributed by atoms with Crippen molar-refractivity contribution >= 4 is 29.5 Å². The summed E-state index contributed by atoms with van der Waals surface area (Å²) in [6, 6.07) is 5.83. The largest absolute Gasteiger partial charge is 0.444 e. The highest BCUT2D eigenvalue weighted by molar-refractivity contribution is 6.33. The minimum absolute atomic E-state index is 0.252. The van der Waals surface area contributed by atoms with Crippen molar-refractivity contribution in [3.63, 3.8) is 0 Å². The third kappa shape index (κ3) is 5.36. The van der Waals surface area contributed by atoms with E-state index in [1.54, 1.807) is 45.0 Å². The van der Waals surface area contributed by atoms with Crippen LogP contribution in [0.4, 0.5) is 4.79 Å². The predicted molar refractivity (Wildman–Crippen MR) is 97.6 cm³/mol. The molecule has 1 saturated heterocycles. The maximum absolute atomic E-state index is 12.5. The second-order valence-corrected chi connectivity index (χ2v) is 7.52. The van der Waals surface area contributed by atoms with E-state index in [1.165, 1.54) is 4.90 Å². The maximum Gasteiger partial charge on any atom is 0.410 e. The van der Waals surface area contributed by atoms with Crippen molar-refractivity contribution < 1.29 is 19.1 Å². The Balaban J connectivity index is 1.99. The van der Waals surface area contributed by atoms with Gasteiger partial charge in [0.25, 0.3) is 11.8 Å². The molecule has 0 aliphatic carbocycles. The number of amides is 3. The Labute approximate surface area is 158 Å². The van der Waals surface area contributed by atoms with Crippen molar-refractivity contribution in [3.05, 3.63) is 34.9 Å². The molecular formula is C18H24ClN3O4. The highest BCUT2D eigenvalue weighted by Crippen LogP contribution is 2.20. The topological polar surface area (TPSA) is 87.7 Å².